The molecule has 0 unspecified atom stereocenters. The van der Waals surface area contributed by atoms with Gasteiger partial charge >= 0.3 is 0 Å². The number of carbonyl (C=O) groups is 1. The van der Waals surface area contributed by atoms with Gasteiger partial charge in [0, 0.05) is 44.9 Å². The second-order valence-electron chi connectivity index (χ2n) is 7.99. The summed E-state index contributed by atoms with van der Waals surface area (Å²) in [6, 6.07) is 15.1. The van der Waals surface area contributed by atoms with Gasteiger partial charge in [0.05, 0.1) is 24.6 Å². The number of para-hydroxylation sites is 2. The number of nitrogens with zero attached hydrogens (tertiary/aromatic N) is 3. The average Bonchev–Trinajstić information content (AvgIpc) is 3.44. The van der Waals surface area contributed by atoms with Crippen LogP contribution in [0.3, 0.4) is 0 Å². The number of piperazine rings is 1. The van der Waals surface area contributed by atoms with Crippen molar-refractivity contribution in [2.45, 2.75) is 6.54 Å². The number of hydrogen-bond donors (Lipinski definition) is 0. The van der Waals surface area contributed by atoms with Crippen LogP contribution in [-0.2, 0) is 6.54 Å². The standard InChI is InChI=1S/C25H23F2N3O3/c1-32-23-5-3-2-4-20(23)28-9-11-29(12-10-28)25(31)22-15-24-21(8-13-33-24)30(22)16-17-6-7-18(26)19(27)14-17/h2-8,13-15H,9-12,16H2,1H3. The first-order valence-corrected chi connectivity index (χ1v) is 10.7. The van der Waals surface area contributed by atoms with Gasteiger partial charge in [-0.05, 0) is 29.8 Å². The monoisotopic (exact) mass is 451 g/mol. The number of ether oxygens (including phenoxy) is 1. The summed E-state index contributed by atoms with van der Waals surface area (Å²) in [6.07, 6.45) is 1.55. The van der Waals surface area contributed by atoms with E-state index in [0.717, 1.165) is 29.1 Å². The van der Waals surface area contributed by atoms with Gasteiger partial charge in [-0.1, -0.05) is 18.2 Å². The average molecular weight is 451 g/mol. The lowest BCUT2D eigenvalue weighted by Crippen LogP contribution is -2.49. The molecule has 0 atom stereocenters. The minimum Gasteiger partial charge on any atom is -0.495 e. The van der Waals surface area contributed by atoms with Crippen molar-refractivity contribution in [2.24, 2.45) is 0 Å². The number of anilines is 1. The van der Waals surface area contributed by atoms with Crippen LogP contribution in [0.5, 0.6) is 5.75 Å². The second kappa shape index (κ2) is 8.61. The Bertz CT molecular complexity index is 1310. The lowest BCUT2D eigenvalue weighted by atomic mass is 10.2. The molecule has 0 spiro atoms. The van der Waals surface area contributed by atoms with Crippen LogP contribution < -0.4 is 9.64 Å². The molecule has 0 N–H and O–H groups in total. The van der Waals surface area contributed by atoms with Crippen molar-refractivity contribution in [2.75, 3.05) is 38.2 Å². The quantitative estimate of drug-likeness (QED) is 0.447. The van der Waals surface area contributed by atoms with E-state index in [0.29, 0.717) is 43.0 Å². The molecule has 3 heterocycles. The minimum atomic E-state index is -0.913. The van der Waals surface area contributed by atoms with Crippen LogP contribution in [0.15, 0.2) is 65.3 Å². The number of rotatable bonds is 5. The van der Waals surface area contributed by atoms with E-state index in [4.69, 9.17) is 9.15 Å². The largest absolute Gasteiger partial charge is 0.495 e. The molecule has 2 aromatic carbocycles. The molecule has 2 aromatic heterocycles. The molecule has 5 rings (SSSR count). The normalized spacial score (nSPS) is 14.2. The number of aromatic nitrogens is 1. The Morgan fingerprint density at radius 3 is 2.55 bits per heavy atom. The van der Waals surface area contributed by atoms with Crippen molar-refractivity contribution in [3.8, 4) is 5.75 Å². The summed E-state index contributed by atoms with van der Waals surface area (Å²) < 4.78 is 39.9. The van der Waals surface area contributed by atoms with Crippen molar-refractivity contribution >= 4 is 22.7 Å². The van der Waals surface area contributed by atoms with Gasteiger partial charge in [-0.2, -0.15) is 0 Å². The molecule has 170 valence electrons. The zero-order valence-corrected chi connectivity index (χ0v) is 18.1. The number of fused-ring (bicyclic) bond motifs is 1. The third kappa shape index (κ3) is 3.92. The summed E-state index contributed by atoms with van der Waals surface area (Å²) in [7, 11) is 1.65. The maximum atomic E-state index is 13.8. The van der Waals surface area contributed by atoms with E-state index in [1.807, 2.05) is 29.2 Å². The van der Waals surface area contributed by atoms with Crippen LogP contribution in [0.2, 0.25) is 0 Å². The van der Waals surface area contributed by atoms with E-state index >= 15 is 0 Å². The Morgan fingerprint density at radius 2 is 1.79 bits per heavy atom. The molecular formula is C25H23F2N3O3. The maximum absolute atomic E-state index is 13.8. The molecular weight excluding hydrogens is 428 g/mol. The summed E-state index contributed by atoms with van der Waals surface area (Å²) in [6.45, 7) is 2.67. The molecule has 4 aromatic rings. The highest BCUT2D eigenvalue weighted by Crippen LogP contribution is 2.29. The fourth-order valence-electron chi connectivity index (χ4n) is 4.35. The van der Waals surface area contributed by atoms with Gasteiger partial charge in [0.2, 0.25) is 0 Å². The van der Waals surface area contributed by atoms with Crippen LogP contribution in [0, 0.1) is 11.6 Å². The van der Waals surface area contributed by atoms with Gasteiger partial charge in [0.25, 0.3) is 5.91 Å². The lowest BCUT2D eigenvalue weighted by molar-refractivity contribution is 0.0736. The zero-order valence-electron chi connectivity index (χ0n) is 18.1. The fourth-order valence-corrected chi connectivity index (χ4v) is 4.35. The lowest BCUT2D eigenvalue weighted by Gasteiger charge is -2.36. The predicted molar refractivity (Wildman–Crippen MR) is 121 cm³/mol. The number of amides is 1. The van der Waals surface area contributed by atoms with Crippen LogP contribution in [0.1, 0.15) is 16.1 Å². The van der Waals surface area contributed by atoms with E-state index in [1.165, 1.54) is 6.07 Å². The third-order valence-electron chi connectivity index (χ3n) is 6.06. The van der Waals surface area contributed by atoms with Crippen molar-refractivity contribution < 1.29 is 22.7 Å². The van der Waals surface area contributed by atoms with Crippen molar-refractivity contribution in [1.82, 2.24) is 9.47 Å². The van der Waals surface area contributed by atoms with Gasteiger partial charge in [0.15, 0.2) is 17.2 Å². The number of furan rings is 1. The van der Waals surface area contributed by atoms with Crippen LogP contribution in [0.4, 0.5) is 14.5 Å². The smallest absolute Gasteiger partial charge is 0.270 e. The number of hydrogen-bond acceptors (Lipinski definition) is 4. The summed E-state index contributed by atoms with van der Waals surface area (Å²) >= 11 is 0. The Labute approximate surface area is 189 Å². The van der Waals surface area contributed by atoms with Crippen LogP contribution in [-0.4, -0.2) is 48.7 Å². The molecule has 0 radical (unpaired) electrons. The highest BCUT2D eigenvalue weighted by molar-refractivity contribution is 5.97. The summed E-state index contributed by atoms with van der Waals surface area (Å²) in [5, 5.41) is 0. The molecule has 8 heteroatoms. The van der Waals surface area contributed by atoms with Gasteiger partial charge in [-0.15, -0.1) is 0 Å². The van der Waals surface area contributed by atoms with Gasteiger partial charge < -0.3 is 23.5 Å². The minimum absolute atomic E-state index is 0.122. The molecule has 1 fully saturated rings. The van der Waals surface area contributed by atoms with Crippen LogP contribution >= 0.6 is 0 Å². The third-order valence-corrected chi connectivity index (χ3v) is 6.06. The molecule has 1 saturated heterocycles. The zero-order chi connectivity index (χ0) is 22.9. The van der Waals surface area contributed by atoms with Gasteiger partial charge in [-0.25, -0.2) is 8.78 Å². The maximum Gasteiger partial charge on any atom is 0.270 e. The number of methoxy groups -OCH3 is 1. The van der Waals surface area contributed by atoms with Gasteiger partial charge in [0.1, 0.15) is 11.4 Å². The Balaban J connectivity index is 1.37. The molecule has 0 aliphatic carbocycles. The van der Waals surface area contributed by atoms with E-state index in [1.54, 1.807) is 30.1 Å². The van der Waals surface area contributed by atoms with Gasteiger partial charge in [-0.3, -0.25) is 4.79 Å². The van der Waals surface area contributed by atoms with Crippen LogP contribution in [0.25, 0.3) is 11.1 Å². The topological polar surface area (TPSA) is 50.9 Å². The Hall–Kier alpha value is -3.81. The molecule has 0 saturated carbocycles. The first-order chi connectivity index (χ1) is 16.0. The molecule has 1 aliphatic rings. The summed E-state index contributed by atoms with van der Waals surface area (Å²) in [5.41, 5.74) is 3.33. The van der Waals surface area contributed by atoms with E-state index in [-0.39, 0.29) is 12.5 Å². The molecule has 1 aliphatic heterocycles. The number of carbonyl (C=O) groups excluding carboxylic acids is 1. The first kappa shape index (κ1) is 21.1. The molecule has 0 bridgehead atoms. The number of halogens is 2. The molecule has 6 nitrogen and oxygen atoms in total. The molecule has 33 heavy (non-hydrogen) atoms. The highest BCUT2D eigenvalue weighted by atomic mass is 19.2. The van der Waals surface area contributed by atoms with E-state index < -0.39 is 11.6 Å². The second-order valence-corrected chi connectivity index (χ2v) is 7.99. The summed E-state index contributed by atoms with van der Waals surface area (Å²) in [4.78, 5) is 17.5. The first-order valence-electron chi connectivity index (χ1n) is 10.7. The van der Waals surface area contributed by atoms with E-state index in [9.17, 15) is 13.6 Å². The SMILES string of the molecule is COc1ccccc1N1CCN(C(=O)c2cc3occc3n2Cc2ccc(F)c(F)c2)CC1. The van der Waals surface area contributed by atoms with E-state index in [2.05, 4.69) is 4.90 Å². The molecule has 1 amide bonds. The van der Waals surface area contributed by atoms with Crippen molar-refractivity contribution in [3.63, 3.8) is 0 Å². The van der Waals surface area contributed by atoms with Crippen molar-refractivity contribution in [1.29, 1.82) is 0 Å². The Kier molecular flexibility index (Phi) is 5.50. The fraction of sp³-hybridized carbons (Fsp3) is 0.240. The summed E-state index contributed by atoms with van der Waals surface area (Å²) in [5.74, 6) is -1.13. The predicted octanol–water partition coefficient (Wildman–Crippen LogP) is 4.53. The number of benzene rings is 2. The Morgan fingerprint density at radius 1 is 1.00 bits per heavy atom. The van der Waals surface area contributed by atoms with Crippen molar-refractivity contribution in [3.05, 3.63) is 83.8 Å². The highest BCUT2D eigenvalue weighted by Gasteiger charge is 2.27.